The second kappa shape index (κ2) is 9.34. The number of nitrogens with one attached hydrogen (secondary N) is 1. The summed E-state index contributed by atoms with van der Waals surface area (Å²) in [7, 11) is 0. The minimum atomic E-state index is -0.411. The first kappa shape index (κ1) is 13.8. The maximum Gasteiger partial charge on any atom is 0.259 e. The van der Waals surface area contributed by atoms with E-state index in [0.29, 0.717) is 31.1 Å². The first-order valence-corrected chi connectivity index (χ1v) is 5.27. The van der Waals surface area contributed by atoms with E-state index in [-0.39, 0.29) is 6.54 Å². The lowest BCUT2D eigenvalue weighted by atomic mass is 10.3. The van der Waals surface area contributed by atoms with Crippen LogP contribution in [0.3, 0.4) is 0 Å². The fourth-order valence-electron chi connectivity index (χ4n) is 0.879. The fraction of sp³-hybridized carbons (Fsp3) is 0.667. The molecule has 0 radical (unpaired) electrons. The van der Waals surface area contributed by atoms with Gasteiger partial charge in [0.05, 0.1) is 0 Å². The third kappa shape index (κ3) is 9.09. The Hall–Kier alpha value is -1.22. The molecule has 6 heteroatoms. The number of aliphatic imine (C=N–C) groups is 1. The van der Waals surface area contributed by atoms with E-state index in [1.807, 2.05) is 0 Å². The van der Waals surface area contributed by atoms with Crippen molar-refractivity contribution in [3.8, 4) is 12.3 Å². The Morgan fingerprint density at radius 1 is 1.67 bits per heavy atom. The minimum Gasteiger partial charge on any atom is -0.368 e. The molecule has 0 aromatic rings. The maximum atomic E-state index is 10.3. The molecule has 0 aliphatic carbocycles. The third-order valence-electron chi connectivity index (χ3n) is 1.50. The van der Waals surface area contributed by atoms with Crippen LogP contribution in [0.15, 0.2) is 4.99 Å². The molecule has 0 rings (SSSR count). The van der Waals surface area contributed by atoms with Gasteiger partial charge in [-0.1, -0.05) is 0 Å². The number of rotatable bonds is 7. The largest absolute Gasteiger partial charge is 0.368 e. The van der Waals surface area contributed by atoms with Gasteiger partial charge in [-0.25, -0.2) is 0 Å². The Balaban J connectivity index is 3.97. The molecule has 0 bridgehead atoms. The van der Waals surface area contributed by atoms with Gasteiger partial charge >= 0.3 is 0 Å². The van der Waals surface area contributed by atoms with Gasteiger partial charge in [0.15, 0.2) is 5.84 Å². The van der Waals surface area contributed by atoms with E-state index in [0.717, 1.165) is 6.42 Å². The average Bonchev–Trinajstić information content (AvgIpc) is 2.19. The monoisotopic (exact) mass is 229 g/mol. The number of thiol groups is 1. The van der Waals surface area contributed by atoms with Gasteiger partial charge in [0.2, 0.25) is 0 Å². The molecule has 0 fully saturated rings. The minimum absolute atomic E-state index is 0.274. The van der Waals surface area contributed by atoms with Gasteiger partial charge in [-0.05, 0) is 6.42 Å². The van der Waals surface area contributed by atoms with Gasteiger partial charge in [-0.3, -0.25) is 15.1 Å². The van der Waals surface area contributed by atoms with Crippen molar-refractivity contribution in [3.05, 3.63) is 10.1 Å². The summed E-state index contributed by atoms with van der Waals surface area (Å²) in [6.45, 7) is 0.821. The van der Waals surface area contributed by atoms with E-state index in [9.17, 15) is 10.1 Å². The molecule has 0 aromatic carbocycles. The van der Waals surface area contributed by atoms with Gasteiger partial charge < -0.3 is 5.32 Å². The van der Waals surface area contributed by atoms with Crippen LogP contribution < -0.4 is 5.32 Å². The van der Waals surface area contributed by atoms with Crippen molar-refractivity contribution in [2.75, 3.05) is 25.4 Å². The number of terminal acetylenes is 1. The predicted octanol–water partition coefficient (Wildman–Crippen LogP) is 0.594. The molecule has 0 aliphatic rings. The molecule has 0 aromatic heterocycles. The van der Waals surface area contributed by atoms with E-state index < -0.39 is 4.92 Å². The maximum absolute atomic E-state index is 10.3. The van der Waals surface area contributed by atoms with Crippen LogP contribution in [0.1, 0.15) is 12.8 Å². The molecule has 1 N–H and O–H groups in total. The highest BCUT2D eigenvalue weighted by molar-refractivity contribution is 7.80. The highest BCUT2D eigenvalue weighted by atomic mass is 32.1. The van der Waals surface area contributed by atoms with Crippen LogP contribution in [0.25, 0.3) is 0 Å². The summed E-state index contributed by atoms with van der Waals surface area (Å²) in [4.78, 5) is 14.0. The van der Waals surface area contributed by atoms with Crippen LogP contribution in [-0.4, -0.2) is 36.1 Å². The summed E-state index contributed by atoms with van der Waals surface area (Å²) < 4.78 is 0. The van der Waals surface area contributed by atoms with E-state index in [2.05, 4.69) is 28.9 Å². The first-order chi connectivity index (χ1) is 7.20. The Morgan fingerprint density at radius 3 is 2.93 bits per heavy atom. The lowest BCUT2D eigenvalue weighted by molar-refractivity contribution is -0.463. The quantitative estimate of drug-likeness (QED) is 0.128. The molecular weight excluding hydrogens is 214 g/mol. The second-order valence-corrected chi connectivity index (χ2v) is 3.22. The Bertz CT molecular complexity index is 261. The van der Waals surface area contributed by atoms with Gasteiger partial charge in [0.1, 0.15) is 0 Å². The van der Waals surface area contributed by atoms with Crippen LogP contribution >= 0.6 is 12.6 Å². The van der Waals surface area contributed by atoms with Crippen molar-refractivity contribution in [2.45, 2.75) is 12.8 Å². The van der Waals surface area contributed by atoms with Crippen LogP contribution in [0.2, 0.25) is 0 Å². The summed E-state index contributed by atoms with van der Waals surface area (Å²) in [5.41, 5.74) is 0. The van der Waals surface area contributed by atoms with Crippen LogP contribution in [0.4, 0.5) is 0 Å². The molecule has 0 amide bonds. The molecule has 0 spiro atoms. The van der Waals surface area contributed by atoms with Crippen molar-refractivity contribution in [3.63, 3.8) is 0 Å². The summed E-state index contributed by atoms with van der Waals surface area (Å²) in [5.74, 6) is 3.50. The van der Waals surface area contributed by atoms with E-state index in [1.165, 1.54) is 0 Å². The topological polar surface area (TPSA) is 67.5 Å². The number of hydrogen-bond acceptors (Lipinski definition) is 4. The van der Waals surface area contributed by atoms with Crippen LogP contribution in [0.5, 0.6) is 0 Å². The van der Waals surface area contributed by atoms with Gasteiger partial charge in [-0.2, -0.15) is 12.6 Å². The Kier molecular flexibility index (Phi) is 8.58. The zero-order valence-corrected chi connectivity index (χ0v) is 9.37. The molecule has 0 atom stereocenters. The van der Waals surface area contributed by atoms with E-state index >= 15 is 0 Å². The van der Waals surface area contributed by atoms with Gasteiger partial charge in [0.25, 0.3) is 6.54 Å². The fourth-order valence-corrected chi connectivity index (χ4v) is 0.991. The Labute approximate surface area is 94.9 Å². The molecule has 0 unspecified atom stereocenters. The lowest BCUT2D eigenvalue weighted by Crippen LogP contribution is -2.32. The molecule has 0 saturated carbocycles. The summed E-state index contributed by atoms with van der Waals surface area (Å²) in [6.07, 6.45) is 6.46. The smallest absolute Gasteiger partial charge is 0.259 e. The normalized spacial score (nSPS) is 10.8. The van der Waals surface area contributed by atoms with Crippen molar-refractivity contribution < 1.29 is 4.92 Å². The van der Waals surface area contributed by atoms with Crippen molar-refractivity contribution in [1.29, 1.82) is 0 Å². The zero-order valence-electron chi connectivity index (χ0n) is 8.48. The highest BCUT2D eigenvalue weighted by Gasteiger charge is 2.05. The van der Waals surface area contributed by atoms with Crippen molar-refractivity contribution >= 4 is 18.5 Å². The molecule has 0 saturated heterocycles. The number of unbranched alkanes of at least 4 members (excludes halogenated alkanes) is 1. The summed E-state index contributed by atoms with van der Waals surface area (Å²) in [6, 6.07) is 0. The van der Waals surface area contributed by atoms with Gasteiger partial charge in [0, 0.05) is 30.2 Å². The number of nitro groups is 1. The molecule has 5 nitrogen and oxygen atoms in total. The van der Waals surface area contributed by atoms with Crippen LogP contribution in [0, 0.1) is 22.5 Å². The standard InChI is InChI=1S/C9H15N3O2S/c1-2-3-4-5-10-9(8-12(13)14)11-6-7-15/h1,15H,3-8H2,(H,10,11). The Morgan fingerprint density at radius 2 is 2.40 bits per heavy atom. The number of nitrogens with zero attached hydrogens (tertiary/aromatic N) is 2. The highest BCUT2D eigenvalue weighted by Crippen LogP contribution is 1.88. The van der Waals surface area contributed by atoms with Crippen molar-refractivity contribution in [2.24, 2.45) is 4.99 Å². The predicted molar refractivity (Wildman–Crippen MR) is 64.1 cm³/mol. The van der Waals surface area contributed by atoms with Crippen molar-refractivity contribution in [1.82, 2.24) is 5.32 Å². The molecule has 84 valence electrons. The molecule has 15 heavy (non-hydrogen) atoms. The number of amidine groups is 1. The summed E-state index contributed by atoms with van der Waals surface area (Å²) >= 11 is 4.00. The molecule has 0 heterocycles. The zero-order chi connectivity index (χ0) is 11.5. The molecular formula is C9H15N3O2S. The second-order valence-electron chi connectivity index (χ2n) is 2.78. The van der Waals surface area contributed by atoms with E-state index in [1.54, 1.807) is 0 Å². The first-order valence-electron chi connectivity index (χ1n) is 4.64. The summed E-state index contributed by atoms with van der Waals surface area (Å²) in [5, 5.41) is 13.2. The van der Waals surface area contributed by atoms with Gasteiger partial charge in [-0.15, -0.1) is 12.3 Å². The number of hydrogen-bond donors (Lipinski definition) is 2. The average molecular weight is 229 g/mol. The lowest BCUT2D eigenvalue weighted by Gasteiger charge is -2.04. The van der Waals surface area contributed by atoms with E-state index in [4.69, 9.17) is 6.42 Å². The van der Waals surface area contributed by atoms with Crippen LogP contribution in [-0.2, 0) is 0 Å². The molecule has 0 aliphatic heterocycles. The SMILES string of the molecule is C#CCCCN=C(C[N+](=O)[O-])NCCS. The third-order valence-corrected chi connectivity index (χ3v) is 1.73.